The smallest absolute Gasteiger partial charge is 0.339 e. The molecule has 0 aliphatic heterocycles. The van der Waals surface area contributed by atoms with Gasteiger partial charge in [0.2, 0.25) is 0 Å². The maximum atomic E-state index is 12.6. The first-order valence-electron chi connectivity index (χ1n) is 9.43. The summed E-state index contributed by atoms with van der Waals surface area (Å²) in [5.74, 6) is 0.806. The number of halogens is 1. The maximum absolute atomic E-state index is 12.6. The Hall–Kier alpha value is -3.17. The van der Waals surface area contributed by atoms with Crippen LogP contribution in [0.5, 0.6) is 11.5 Å². The first-order valence-corrected chi connectivity index (χ1v) is 10.8. The SMILES string of the molecule is COc1cc(OC)c(NC(=O)COC(=O)c2ccccc2SCc2cc(C)no2)cc1Cl. The second kappa shape index (κ2) is 10.9. The van der Waals surface area contributed by atoms with E-state index in [1.807, 2.05) is 19.1 Å². The number of nitrogens with one attached hydrogen (secondary N) is 1. The first-order chi connectivity index (χ1) is 15.4. The summed E-state index contributed by atoms with van der Waals surface area (Å²) in [6.45, 7) is 1.36. The Bertz CT molecular complexity index is 1120. The molecule has 2 aromatic carbocycles. The molecule has 0 saturated heterocycles. The van der Waals surface area contributed by atoms with E-state index in [0.717, 1.165) is 5.69 Å². The Morgan fingerprint density at radius 1 is 1.12 bits per heavy atom. The monoisotopic (exact) mass is 476 g/mol. The summed E-state index contributed by atoms with van der Waals surface area (Å²) in [4.78, 5) is 25.6. The average Bonchev–Trinajstić information content (AvgIpc) is 3.21. The minimum absolute atomic E-state index is 0.300. The summed E-state index contributed by atoms with van der Waals surface area (Å²) in [5.41, 5.74) is 1.47. The third kappa shape index (κ3) is 5.95. The molecule has 1 N–H and O–H groups in total. The van der Waals surface area contributed by atoms with Crippen LogP contribution in [0.3, 0.4) is 0 Å². The fourth-order valence-corrected chi connectivity index (χ4v) is 3.90. The molecule has 32 heavy (non-hydrogen) atoms. The van der Waals surface area contributed by atoms with Gasteiger partial charge < -0.3 is 24.1 Å². The summed E-state index contributed by atoms with van der Waals surface area (Å²) in [6.07, 6.45) is 0. The molecule has 1 aromatic heterocycles. The van der Waals surface area contributed by atoms with Crippen LogP contribution in [0.4, 0.5) is 5.69 Å². The number of methoxy groups -OCH3 is 2. The van der Waals surface area contributed by atoms with Crippen LogP contribution < -0.4 is 14.8 Å². The highest BCUT2D eigenvalue weighted by Crippen LogP contribution is 2.35. The van der Waals surface area contributed by atoms with Crippen LogP contribution in [0, 0.1) is 6.92 Å². The zero-order valence-electron chi connectivity index (χ0n) is 17.6. The molecule has 8 nitrogen and oxygen atoms in total. The van der Waals surface area contributed by atoms with E-state index in [1.165, 1.54) is 32.0 Å². The number of carbonyl (C=O) groups excluding carboxylic acids is 2. The minimum atomic E-state index is -0.614. The van der Waals surface area contributed by atoms with Gasteiger partial charge in [0.15, 0.2) is 6.61 Å². The predicted octanol–water partition coefficient (Wildman–Crippen LogP) is 4.74. The van der Waals surface area contributed by atoms with Crippen molar-refractivity contribution in [1.82, 2.24) is 5.16 Å². The third-order valence-electron chi connectivity index (χ3n) is 4.24. The van der Waals surface area contributed by atoms with Crippen molar-refractivity contribution in [3.8, 4) is 11.5 Å². The van der Waals surface area contributed by atoms with E-state index in [9.17, 15) is 9.59 Å². The van der Waals surface area contributed by atoms with E-state index in [0.29, 0.717) is 44.2 Å². The molecule has 10 heteroatoms. The number of amides is 1. The van der Waals surface area contributed by atoms with E-state index in [-0.39, 0.29) is 0 Å². The zero-order chi connectivity index (χ0) is 23.1. The molecule has 3 rings (SSSR count). The zero-order valence-corrected chi connectivity index (χ0v) is 19.2. The Kier molecular flexibility index (Phi) is 8.02. The highest BCUT2D eigenvalue weighted by Gasteiger charge is 2.17. The van der Waals surface area contributed by atoms with Crippen LogP contribution in [0.1, 0.15) is 21.8 Å². The van der Waals surface area contributed by atoms with E-state index < -0.39 is 18.5 Å². The topological polar surface area (TPSA) is 99.9 Å². The molecule has 1 amide bonds. The van der Waals surface area contributed by atoms with Crippen LogP contribution in [0.25, 0.3) is 0 Å². The molecule has 0 bridgehead atoms. The summed E-state index contributed by atoms with van der Waals surface area (Å²) < 4.78 is 20.8. The van der Waals surface area contributed by atoms with Gasteiger partial charge in [-0.15, -0.1) is 11.8 Å². The van der Waals surface area contributed by atoms with Crippen LogP contribution in [-0.4, -0.2) is 37.9 Å². The van der Waals surface area contributed by atoms with Crippen molar-refractivity contribution in [2.75, 3.05) is 26.1 Å². The first kappa shape index (κ1) is 23.5. The van der Waals surface area contributed by atoms with Gasteiger partial charge in [0.05, 0.1) is 41.9 Å². The Morgan fingerprint density at radius 3 is 2.56 bits per heavy atom. The molecule has 0 aliphatic rings. The normalized spacial score (nSPS) is 10.5. The van der Waals surface area contributed by atoms with E-state index >= 15 is 0 Å². The predicted molar refractivity (Wildman–Crippen MR) is 121 cm³/mol. The quantitative estimate of drug-likeness (QED) is 0.349. The summed E-state index contributed by atoms with van der Waals surface area (Å²) in [7, 11) is 2.92. The van der Waals surface area contributed by atoms with Gasteiger partial charge in [-0.1, -0.05) is 28.9 Å². The molecule has 0 fully saturated rings. The number of ether oxygens (including phenoxy) is 3. The van der Waals surface area contributed by atoms with Crippen LogP contribution in [0.2, 0.25) is 5.02 Å². The number of benzene rings is 2. The second-order valence-corrected chi connectivity index (χ2v) is 7.96. The van der Waals surface area contributed by atoms with Gasteiger partial charge in [-0.3, -0.25) is 4.79 Å². The van der Waals surface area contributed by atoms with E-state index in [2.05, 4.69) is 10.5 Å². The number of esters is 1. The molecule has 0 saturated carbocycles. The summed E-state index contributed by atoms with van der Waals surface area (Å²) in [5, 5.41) is 6.77. The lowest BCUT2D eigenvalue weighted by atomic mass is 10.2. The van der Waals surface area contributed by atoms with Crippen molar-refractivity contribution >= 4 is 40.9 Å². The number of hydrogen-bond acceptors (Lipinski definition) is 8. The van der Waals surface area contributed by atoms with Gasteiger partial charge >= 0.3 is 5.97 Å². The summed E-state index contributed by atoms with van der Waals surface area (Å²) in [6, 6.07) is 11.9. The average molecular weight is 477 g/mol. The third-order valence-corrected chi connectivity index (χ3v) is 5.63. The van der Waals surface area contributed by atoms with Gasteiger partial charge in [0.1, 0.15) is 17.3 Å². The number of carbonyl (C=O) groups is 2. The second-order valence-electron chi connectivity index (χ2n) is 6.53. The van der Waals surface area contributed by atoms with Crippen molar-refractivity contribution in [2.45, 2.75) is 17.6 Å². The van der Waals surface area contributed by atoms with Crippen molar-refractivity contribution in [3.05, 3.63) is 64.5 Å². The molecule has 0 unspecified atom stereocenters. The fraction of sp³-hybridized carbons (Fsp3) is 0.227. The lowest BCUT2D eigenvalue weighted by Gasteiger charge is -2.13. The highest BCUT2D eigenvalue weighted by atomic mass is 35.5. The highest BCUT2D eigenvalue weighted by molar-refractivity contribution is 7.98. The molecule has 1 heterocycles. The fourth-order valence-electron chi connectivity index (χ4n) is 2.75. The van der Waals surface area contributed by atoms with Crippen LogP contribution >= 0.6 is 23.4 Å². The number of aromatic nitrogens is 1. The standard InChI is InChI=1S/C22H21ClN2O6S/c1-13-8-14(31-25-13)12-32-20-7-5-4-6-15(20)22(27)30-11-21(26)24-17-9-16(23)18(28-2)10-19(17)29-3/h4-10H,11-12H2,1-3H3,(H,24,26). The Morgan fingerprint density at radius 2 is 1.88 bits per heavy atom. The molecule has 168 valence electrons. The van der Waals surface area contributed by atoms with E-state index in [1.54, 1.807) is 24.3 Å². The number of anilines is 1. The molecule has 0 aliphatic carbocycles. The van der Waals surface area contributed by atoms with Gasteiger partial charge in [0.25, 0.3) is 5.91 Å². The largest absolute Gasteiger partial charge is 0.495 e. The maximum Gasteiger partial charge on any atom is 0.339 e. The van der Waals surface area contributed by atoms with Gasteiger partial charge in [-0.05, 0) is 25.1 Å². The minimum Gasteiger partial charge on any atom is -0.495 e. The molecular formula is C22H21ClN2O6S. The number of rotatable bonds is 9. The molecule has 0 radical (unpaired) electrons. The molecular weight excluding hydrogens is 456 g/mol. The number of aryl methyl sites for hydroxylation is 1. The summed E-state index contributed by atoms with van der Waals surface area (Å²) >= 11 is 7.52. The molecule has 0 spiro atoms. The van der Waals surface area contributed by atoms with Crippen molar-refractivity contribution in [3.63, 3.8) is 0 Å². The number of thioether (sulfide) groups is 1. The van der Waals surface area contributed by atoms with E-state index in [4.69, 9.17) is 30.3 Å². The lowest BCUT2D eigenvalue weighted by Crippen LogP contribution is -2.21. The number of nitrogens with zero attached hydrogens (tertiary/aromatic N) is 1. The Labute approximate surface area is 194 Å². The van der Waals surface area contributed by atoms with Crippen molar-refractivity contribution in [2.24, 2.45) is 0 Å². The van der Waals surface area contributed by atoms with Gasteiger partial charge in [0, 0.05) is 17.0 Å². The van der Waals surface area contributed by atoms with Gasteiger partial charge in [-0.2, -0.15) is 0 Å². The lowest BCUT2D eigenvalue weighted by molar-refractivity contribution is -0.119. The Balaban J connectivity index is 1.61. The number of hydrogen-bond donors (Lipinski definition) is 1. The van der Waals surface area contributed by atoms with Gasteiger partial charge in [-0.25, -0.2) is 4.79 Å². The van der Waals surface area contributed by atoms with Crippen LogP contribution in [0.15, 0.2) is 51.9 Å². The van der Waals surface area contributed by atoms with Crippen LogP contribution in [-0.2, 0) is 15.3 Å². The molecule has 3 aromatic rings. The van der Waals surface area contributed by atoms with Crippen molar-refractivity contribution in [1.29, 1.82) is 0 Å². The van der Waals surface area contributed by atoms with Crippen molar-refractivity contribution < 1.29 is 28.3 Å². The molecule has 0 atom stereocenters.